The maximum atomic E-state index is 6.02. The van der Waals surface area contributed by atoms with Crippen LogP contribution in [0.15, 0.2) is 86.0 Å². The summed E-state index contributed by atoms with van der Waals surface area (Å²) in [6.45, 7) is 4.40. The lowest BCUT2D eigenvalue weighted by Gasteiger charge is -2.17. The molecule has 0 bridgehead atoms. The van der Waals surface area contributed by atoms with Crippen LogP contribution in [0.25, 0.3) is 33.4 Å². The van der Waals surface area contributed by atoms with Crippen LogP contribution in [0.1, 0.15) is 25.7 Å². The summed E-state index contributed by atoms with van der Waals surface area (Å²) in [7, 11) is 9.46. The molecule has 2 aliphatic heterocycles. The van der Waals surface area contributed by atoms with Crippen LogP contribution in [-0.2, 0) is 0 Å². The minimum Gasteiger partial charge on any atom is -0.493 e. The summed E-state index contributed by atoms with van der Waals surface area (Å²) >= 11 is 6.02. The van der Waals surface area contributed by atoms with Gasteiger partial charge >= 0.3 is 0 Å². The zero-order valence-corrected chi connectivity index (χ0v) is 38.7. The van der Waals surface area contributed by atoms with Crippen molar-refractivity contribution in [2.45, 2.75) is 25.7 Å². The van der Waals surface area contributed by atoms with Gasteiger partial charge in [-0.2, -0.15) is 19.9 Å². The van der Waals surface area contributed by atoms with Crippen LogP contribution in [-0.4, -0.2) is 118 Å². The number of methoxy groups -OCH3 is 6. The number of ether oxygens (including phenoxy) is 6. The largest absolute Gasteiger partial charge is 0.493 e. The molecule has 8 aromatic rings. The second-order valence-corrected chi connectivity index (χ2v) is 15.3. The first kappa shape index (κ1) is 45.8. The smallest absolute Gasteiger partial charge is 0.229 e. The van der Waals surface area contributed by atoms with Crippen molar-refractivity contribution < 1.29 is 28.4 Å². The van der Waals surface area contributed by atoms with Gasteiger partial charge in [0.1, 0.15) is 35.9 Å². The Balaban J connectivity index is 0.000000165. The molecule has 0 spiro atoms. The highest BCUT2D eigenvalue weighted by Gasteiger charge is 2.20. The van der Waals surface area contributed by atoms with Crippen LogP contribution in [0.4, 0.5) is 29.2 Å². The lowest BCUT2D eigenvalue weighted by Crippen LogP contribution is -2.21. The molecule has 0 radical (unpaired) electrons. The normalized spacial score (nSPS) is 13.0. The molecular formula is C46H51ClN14O6. The van der Waals surface area contributed by atoms with Gasteiger partial charge in [0.2, 0.25) is 22.7 Å². The SMILES string of the molecule is C1CCNC1.COc1cc(-n2cnc(Nc3nc(Cl)nc4ncccc34)c2)cc(OC)c1OC.COc1cc(-n2cnc(Nc3nc(N4CCCC4)nc4ncccc34)c2)cc(OC)c1OC. The zero-order valence-electron chi connectivity index (χ0n) is 38.0. The van der Waals surface area contributed by atoms with Gasteiger partial charge in [-0.3, -0.25) is 0 Å². The summed E-state index contributed by atoms with van der Waals surface area (Å²) in [4.78, 5) is 37.6. The van der Waals surface area contributed by atoms with Gasteiger partial charge in [-0.15, -0.1) is 0 Å². The molecule has 0 aliphatic carbocycles. The van der Waals surface area contributed by atoms with Gasteiger partial charge in [-0.25, -0.2) is 19.9 Å². The molecule has 2 aromatic carbocycles. The van der Waals surface area contributed by atoms with Crippen LogP contribution < -0.4 is 49.3 Å². The summed E-state index contributed by atoms with van der Waals surface area (Å²) in [5.74, 6) is 6.37. The fourth-order valence-electron chi connectivity index (χ4n) is 7.49. The first-order valence-electron chi connectivity index (χ1n) is 21.4. The van der Waals surface area contributed by atoms with Gasteiger partial charge < -0.3 is 58.4 Å². The highest BCUT2D eigenvalue weighted by atomic mass is 35.5. The lowest BCUT2D eigenvalue weighted by molar-refractivity contribution is 0.324. The number of imidazole rings is 2. The second-order valence-electron chi connectivity index (χ2n) is 15.0. The van der Waals surface area contributed by atoms with Crippen LogP contribution >= 0.6 is 11.6 Å². The first-order chi connectivity index (χ1) is 32.8. The number of pyridine rings is 2. The van der Waals surface area contributed by atoms with Crippen molar-refractivity contribution in [1.29, 1.82) is 0 Å². The predicted octanol–water partition coefficient (Wildman–Crippen LogP) is 7.58. The van der Waals surface area contributed by atoms with E-state index in [0.29, 0.717) is 75.0 Å². The number of anilines is 5. The molecular weight excluding hydrogens is 880 g/mol. The summed E-state index contributed by atoms with van der Waals surface area (Å²) < 4.78 is 36.2. The maximum Gasteiger partial charge on any atom is 0.229 e. The monoisotopic (exact) mass is 930 g/mol. The highest BCUT2D eigenvalue weighted by Crippen LogP contribution is 2.41. The molecule has 3 N–H and O–H groups in total. The van der Waals surface area contributed by atoms with Crippen molar-refractivity contribution in [2.75, 3.05) is 84.4 Å². The number of aromatic nitrogens is 10. The molecule has 0 saturated carbocycles. The van der Waals surface area contributed by atoms with E-state index in [4.69, 9.17) is 45.0 Å². The Morgan fingerprint density at radius 2 is 1.01 bits per heavy atom. The van der Waals surface area contributed by atoms with Gasteiger partial charge in [0, 0.05) is 49.7 Å². The topological polar surface area (TPSA) is 208 Å². The van der Waals surface area contributed by atoms with Crippen LogP contribution in [0, 0.1) is 0 Å². The van der Waals surface area contributed by atoms with Gasteiger partial charge in [0.05, 0.1) is 77.2 Å². The molecule has 0 amide bonds. The molecule has 20 nitrogen and oxygen atoms in total. The third-order valence-corrected chi connectivity index (χ3v) is 11.0. The molecule has 2 fully saturated rings. The molecule has 10 rings (SSSR count). The van der Waals surface area contributed by atoms with Crippen molar-refractivity contribution in [2.24, 2.45) is 0 Å². The Hall–Kier alpha value is -7.71. The fourth-order valence-corrected chi connectivity index (χ4v) is 7.66. The van der Waals surface area contributed by atoms with E-state index >= 15 is 0 Å². The molecule has 2 aliphatic rings. The quantitative estimate of drug-likeness (QED) is 0.0952. The number of nitrogens with zero attached hydrogens (tertiary/aromatic N) is 11. The fraction of sp³-hybridized carbons (Fsp3) is 0.304. The third-order valence-electron chi connectivity index (χ3n) is 10.8. The van der Waals surface area contributed by atoms with E-state index in [9.17, 15) is 0 Å². The van der Waals surface area contributed by atoms with E-state index in [-0.39, 0.29) is 5.28 Å². The molecule has 6 aromatic heterocycles. The number of hydrogen-bond acceptors (Lipinski definition) is 18. The van der Waals surface area contributed by atoms with Crippen molar-refractivity contribution in [3.8, 4) is 45.9 Å². The van der Waals surface area contributed by atoms with Crippen molar-refractivity contribution in [3.05, 3.63) is 91.3 Å². The van der Waals surface area contributed by atoms with Gasteiger partial charge in [0.15, 0.2) is 34.3 Å². The van der Waals surface area contributed by atoms with E-state index in [0.717, 1.165) is 48.1 Å². The van der Waals surface area contributed by atoms with E-state index in [1.54, 1.807) is 80.0 Å². The minimum absolute atomic E-state index is 0.0998. The van der Waals surface area contributed by atoms with E-state index < -0.39 is 0 Å². The average molecular weight is 931 g/mol. The Morgan fingerprint density at radius 1 is 0.552 bits per heavy atom. The summed E-state index contributed by atoms with van der Waals surface area (Å²) in [5, 5.41) is 11.4. The summed E-state index contributed by atoms with van der Waals surface area (Å²) in [5.41, 5.74) is 2.75. The molecule has 348 valence electrons. The molecule has 8 heterocycles. The van der Waals surface area contributed by atoms with Gasteiger partial charge in [-0.1, -0.05) is 0 Å². The van der Waals surface area contributed by atoms with Crippen molar-refractivity contribution in [1.82, 2.24) is 54.3 Å². The van der Waals surface area contributed by atoms with Crippen molar-refractivity contribution >= 4 is 62.9 Å². The van der Waals surface area contributed by atoms with Crippen LogP contribution in [0.2, 0.25) is 5.28 Å². The number of benzene rings is 2. The molecule has 67 heavy (non-hydrogen) atoms. The second kappa shape index (κ2) is 21.5. The summed E-state index contributed by atoms with van der Waals surface area (Å²) in [6, 6.07) is 14.9. The summed E-state index contributed by atoms with van der Waals surface area (Å²) in [6.07, 6.45) is 15.5. The molecule has 0 atom stereocenters. The number of halogens is 1. The Labute approximate surface area is 391 Å². The number of nitrogens with one attached hydrogen (secondary N) is 3. The standard InChI is InChI=1S/C23H25N7O3.C19H17ClN6O3.C4H9N/c1-31-17-11-15(12-18(32-2)20(17)33-3)30-13-19(25-14-30)26-22-16-7-6-8-24-21(16)27-23(28-22)29-9-4-5-10-29;1-27-13-7-11(8-14(28-2)16(13)29-3)26-9-15(22-10-26)23-18-12-5-4-6-21-17(12)24-19(20)25-18;1-2-4-5-3-1/h6-8,11-14H,4-5,9-10H2,1-3H3,(H,24,26,27,28);4-10H,1-3H3,(H,21,23,24,25);5H,1-4H2. The highest BCUT2D eigenvalue weighted by molar-refractivity contribution is 6.28. The number of rotatable bonds is 13. The minimum atomic E-state index is 0.0998. The van der Waals surface area contributed by atoms with E-state index in [1.165, 1.54) is 25.9 Å². The molecule has 21 heteroatoms. The van der Waals surface area contributed by atoms with Crippen molar-refractivity contribution in [3.63, 3.8) is 0 Å². The Kier molecular flexibility index (Phi) is 14.7. The third kappa shape index (κ3) is 10.6. The predicted molar refractivity (Wildman–Crippen MR) is 256 cm³/mol. The Morgan fingerprint density at radius 3 is 1.45 bits per heavy atom. The van der Waals surface area contributed by atoms with Crippen LogP contribution in [0.3, 0.4) is 0 Å². The zero-order chi connectivity index (χ0) is 46.7. The maximum absolute atomic E-state index is 6.02. The van der Waals surface area contributed by atoms with E-state index in [1.807, 2.05) is 57.8 Å². The lowest BCUT2D eigenvalue weighted by atomic mass is 10.2. The first-order valence-corrected chi connectivity index (χ1v) is 21.8. The number of fused-ring (bicyclic) bond motifs is 2. The van der Waals surface area contributed by atoms with Gasteiger partial charge in [0.25, 0.3) is 0 Å². The molecule has 0 unspecified atom stereocenters. The van der Waals surface area contributed by atoms with Crippen LogP contribution in [0.5, 0.6) is 34.5 Å². The average Bonchev–Trinajstić information content (AvgIpc) is 4.24. The Bertz CT molecular complexity index is 2880. The van der Waals surface area contributed by atoms with Gasteiger partial charge in [-0.05, 0) is 74.6 Å². The molecule has 2 saturated heterocycles. The van der Waals surface area contributed by atoms with E-state index in [2.05, 4.69) is 55.7 Å². The number of hydrogen-bond donors (Lipinski definition) is 3.